The van der Waals surface area contributed by atoms with Crippen LogP contribution in [0, 0.1) is 5.41 Å². The quantitative estimate of drug-likeness (QED) is 0.748. The van der Waals surface area contributed by atoms with Crippen LogP contribution in [0.3, 0.4) is 0 Å². The highest BCUT2D eigenvalue weighted by molar-refractivity contribution is 5.82. The molecular formula is C12H23NO2. The zero-order chi connectivity index (χ0) is 11.5. The van der Waals surface area contributed by atoms with E-state index in [4.69, 9.17) is 0 Å². The topological polar surface area (TPSA) is 49.3 Å². The van der Waals surface area contributed by atoms with Gasteiger partial charge in [0, 0.05) is 12.0 Å². The normalized spacial score (nSPS) is 23.5. The Morgan fingerprint density at radius 3 is 2.47 bits per heavy atom. The fraction of sp³-hybridized carbons (Fsp3) is 0.917. The van der Waals surface area contributed by atoms with E-state index in [-0.39, 0.29) is 11.3 Å². The summed E-state index contributed by atoms with van der Waals surface area (Å²) in [4.78, 5) is 11.9. The average molecular weight is 213 g/mol. The second-order valence-electron chi connectivity index (χ2n) is 5.30. The number of nitrogens with one attached hydrogen (secondary N) is 1. The van der Waals surface area contributed by atoms with Crippen LogP contribution in [0.5, 0.6) is 0 Å². The summed E-state index contributed by atoms with van der Waals surface area (Å²) in [5.74, 6) is 0.105. The number of rotatable bonds is 4. The van der Waals surface area contributed by atoms with Gasteiger partial charge in [-0.05, 0) is 26.2 Å². The Balaban J connectivity index is 2.42. The van der Waals surface area contributed by atoms with Gasteiger partial charge >= 0.3 is 0 Å². The Labute approximate surface area is 92.3 Å². The molecule has 0 aromatic rings. The van der Waals surface area contributed by atoms with Gasteiger partial charge in [0.25, 0.3) is 0 Å². The van der Waals surface area contributed by atoms with Crippen LogP contribution in [0.15, 0.2) is 0 Å². The predicted octanol–water partition coefficient (Wildman–Crippen LogP) is 1.84. The molecule has 0 bridgehead atoms. The van der Waals surface area contributed by atoms with E-state index in [9.17, 15) is 9.90 Å². The molecule has 1 rings (SSSR count). The van der Waals surface area contributed by atoms with Gasteiger partial charge in [-0.1, -0.05) is 26.7 Å². The second kappa shape index (κ2) is 4.52. The maximum atomic E-state index is 11.9. The predicted molar refractivity (Wildman–Crippen MR) is 60.5 cm³/mol. The third-order valence-corrected chi connectivity index (χ3v) is 3.65. The minimum atomic E-state index is -0.773. The number of hydrogen-bond donors (Lipinski definition) is 2. The molecule has 15 heavy (non-hydrogen) atoms. The first kappa shape index (κ1) is 12.5. The van der Waals surface area contributed by atoms with Gasteiger partial charge < -0.3 is 10.4 Å². The van der Waals surface area contributed by atoms with E-state index >= 15 is 0 Å². The molecule has 3 nitrogen and oxygen atoms in total. The molecule has 0 heterocycles. The van der Waals surface area contributed by atoms with Gasteiger partial charge in [0.05, 0.1) is 5.60 Å². The van der Waals surface area contributed by atoms with Gasteiger partial charge in [-0.15, -0.1) is 0 Å². The number of carbonyl (C=O) groups excluding carboxylic acids is 1. The second-order valence-corrected chi connectivity index (χ2v) is 5.30. The van der Waals surface area contributed by atoms with Crippen molar-refractivity contribution in [2.45, 2.75) is 58.5 Å². The molecule has 0 aromatic carbocycles. The number of amides is 1. The van der Waals surface area contributed by atoms with Crippen molar-refractivity contribution in [2.24, 2.45) is 5.41 Å². The minimum Gasteiger partial charge on any atom is -0.388 e. The highest BCUT2D eigenvalue weighted by Gasteiger charge is 2.36. The average Bonchev–Trinajstić information content (AvgIpc) is 2.63. The molecule has 0 radical (unpaired) electrons. The van der Waals surface area contributed by atoms with Crippen molar-refractivity contribution in [2.75, 3.05) is 6.54 Å². The molecule has 0 aliphatic heterocycles. The van der Waals surface area contributed by atoms with E-state index in [1.807, 2.05) is 13.8 Å². The summed E-state index contributed by atoms with van der Waals surface area (Å²) >= 11 is 0. The van der Waals surface area contributed by atoms with Gasteiger partial charge in [0.1, 0.15) is 0 Å². The Hall–Kier alpha value is -0.570. The fourth-order valence-corrected chi connectivity index (χ4v) is 1.99. The van der Waals surface area contributed by atoms with Crippen LogP contribution in [0.4, 0.5) is 0 Å². The molecule has 1 saturated carbocycles. The molecule has 1 fully saturated rings. The third kappa shape index (κ3) is 3.20. The Morgan fingerprint density at radius 1 is 1.47 bits per heavy atom. The van der Waals surface area contributed by atoms with Crippen molar-refractivity contribution in [1.29, 1.82) is 0 Å². The van der Waals surface area contributed by atoms with Gasteiger partial charge in [0.2, 0.25) is 5.91 Å². The van der Waals surface area contributed by atoms with E-state index in [1.54, 1.807) is 6.92 Å². The van der Waals surface area contributed by atoms with Crippen molar-refractivity contribution in [3.05, 3.63) is 0 Å². The lowest BCUT2D eigenvalue weighted by atomic mass is 9.87. The molecule has 0 spiro atoms. The van der Waals surface area contributed by atoms with E-state index in [0.717, 1.165) is 25.7 Å². The molecule has 1 atom stereocenters. The van der Waals surface area contributed by atoms with Gasteiger partial charge in [-0.3, -0.25) is 4.79 Å². The van der Waals surface area contributed by atoms with Crippen molar-refractivity contribution in [3.8, 4) is 0 Å². The molecule has 1 unspecified atom stereocenters. The Morgan fingerprint density at radius 2 is 2.00 bits per heavy atom. The molecule has 1 aliphatic rings. The number of hydrogen-bond acceptors (Lipinski definition) is 2. The molecule has 2 N–H and O–H groups in total. The van der Waals surface area contributed by atoms with Crippen LogP contribution in [0.2, 0.25) is 0 Å². The smallest absolute Gasteiger partial charge is 0.226 e. The standard InChI is InChI=1S/C12H23NO2/c1-4-12(3,15)9-13-10(14)11(2)7-5-6-8-11/h15H,4-9H2,1-3H3,(H,13,14). The maximum Gasteiger partial charge on any atom is 0.226 e. The van der Waals surface area contributed by atoms with Crippen LogP contribution >= 0.6 is 0 Å². The molecule has 1 aliphatic carbocycles. The third-order valence-electron chi connectivity index (χ3n) is 3.65. The Bertz CT molecular complexity index is 230. The zero-order valence-electron chi connectivity index (χ0n) is 10.1. The van der Waals surface area contributed by atoms with Crippen molar-refractivity contribution in [1.82, 2.24) is 5.32 Å². The highest BCUT2D eigenvalue weighted by atomic mass is 16.3. The van der Waals surface area contributed by atoms with Crippen LogP contribution in [-0.2, 0) is 4.79 Å². The summed E-state index contributed by atoms with van der Waals surface area (Å²) in [6.45, 7) is 6.06. The summed E-state index contributed by atoms with van der Waals surface area (Å²) in [6, 6.07) is 0. The van der Waals surface area contributed by atoms with Crippen molar-refractivity contribution < 1.29 is 9.90 Å². The van der Waals surface area contributed by atoms with Crippen LogP contribution in [-0.4, -0.2) is 23.2 Å². The molecule has 1 amide bonds. The fourth-order valence-electron chi connectivity index (χ4n) is 1.99. The van der Waals surface area contributed by atoms with Gasteiger partial charge in [-0.25, -0.2) is 0 Å². The van der Waals surface area contributed by atoms with Crippen LogP contribution < -0.4 is 5.32 Å². The molecule has 3 heteroatoms. The van der Waals surface area contributed by atoms with E-state index < -0.39 is 5.60 Å². The Kier molecular flexibility index (Phi) is 3.77. The molecule has 0 aromatic heterocycles. The zero-order valence-corrected chi connectivity index (χ0v) is 10.1. The summed E-state index contributed by atoms with van der Waals surface area (Å²) in [5, 5.41) is 12.7. The summed E-state index contributed by atoms with van der Waals surface area (Å²) in [5.41, 5.74) is -0.964. The highest BCUT2D eigenvalue weighted by Crippen LogP contribution is 2.37. The van der Waals surface area contributed by atoms with Crippen LogP contribution in [0.1, 0.15) is 52.9 Å². The largest absolute Gasteiger partial charge is 0.388 e. The maximum absolute atomic E-state index is 11.9. The molecule has 88 valence electrons. The van der Waals surface area contributed by atoms with E-state index in [0.29, 0.717) is 13.0 Å². The van der Waals surface area contributed by atoms with Crippen molar-refractivity contribution in [3.63, 3.8) is 0 Å². The monoisotopic (exact) mass is 213 g/mol. The summed E-state index contributed by atoms with van der Waals surface area (Å²) in [6.07, 6.45) is 4.91. The van der Waals surface area contributed by atoms with E-state index in [2.05, 4.69) is 5.32 Å². The first-order chi connectivity index (χ1) is 6.90. The minimum absolute atomic E-state index is 0.105. The number of carbonyl (C=O) groups is 1. The lowest BCUT2D eigenvalue weighted by Gasteiger charge is -2.27. The SMILES string of the molecule is CCC(C)(O)CNC(=O)C1(C)CCCC1. The lowest BCUT2D eigenvalue weighted by molar-refractivity contribution is -0.131. The first-order valence-electron chi connectivity index (χ1n) is 5.90. The van der Waals surface area contributed by atoms with Gasteiger partial charge in [-0.2, -0.15) is 0 Å². The summed E-state index contributed by atoms with van der Waals surface area (Å²) < 4.78 is 0. The van der Waals surface area contributed by atoms with Crippen molar-refractivity contribution >= 4 is 5.91 Å². The number of aliphatic hydroxyl groups is 1. The molecule has 0 saturated heterocycles. The van der Waals surface area contributed by atoms with Crippen LogP contribution in [0.25, 0.3) is 0 Å². The molecular weight excluding hydrogens is 190 g/mol. The first-order valence-corrected chi connectivity index (χ1v) is 5.90. The lowest BCUT2D eigenvalue weighted by Crippen LogP contribution is -2.45. The van der Waals surface area contributed by atoms with E-state index in [1.165, 1.54) is 0 Å². The summed E-state index contributed by atoms with van der Waals surface area (Å²) in [7, 11) is 0. The van der Waals surface area contributed by atoms with Gasteiger partial charge in [0.15, 0.2) is 0 Å².